The van der Waals surface area contributed by atoms with Gasteiger partial charge in [0.05, 0.1) is 6.61 Å². The molecule has 1 amide bonds. The van der Waals surface area contributed by atoms with E-state index in [1.807, 2.05) is 0 Å². The molecule has 0 saturated heterocycles. The molecule has 4 nitrogen and oxygen atoms in total. The molecule has 0 spiro atoms. The zero-order valence-electron chi connectivity index (χ0n) is 8.62. The van der Waals surface area contributed by atoms with E-state index in [-0.39, 0.29) is 0 Å². The summed E-state index contributed by atoms with van der Waals surface area (Å²) in [4.78, 5) is 9.99. The van der Waals surface area contributed by atoms with Crippen molar-refractivity contribution in [3.05, 3.63) is 0 Å². The Balaban J connectivity index is 2.88. The maximum Gasteiger partial charge on any atom is 0.416 e. The minimum Gasteiger partial charge on any atom is -0.464 e. The molecule has 0 bridgehead atoms. The maximum absolute atomic E-state index is 9.99. The van der Waals surface area contributed by atoms with Crippen LogP contribution >= 0.6 is 12.2 Å². The Bertz CT molecular complexity index is 144. The summed E-state index contributed by atoms with van der Waals surface area (Å²) in [5.41, 5.74) is 0. The molecule has 0 rings (SSSR count). The van der Waals surface area contributed by atoms with Crippen LogP contribution in [0.25, 0.3) is 0 Å². The Morgan fingerprint density at radius 1 is 1.29 bits per heavy atom. The molecule has 5 heteroatoms. The Morgan fingerprint density at radius 2 is 1.93 bits per heavy atom. The van der Waals surface area contributed by atoms with Gasteiger partial charge in [-0.2, -0.15) is 0 Å². The van der Waals surface area contributed by atoms with Gasteiger partial charge in [0.2, 0.25) is 0 Å². The zero-order chi connectivity index (χ0) is 10.6. The monoisotopic (exact) mass is 221 g/mol. The molecule has 0 radical (unpaired) electrons. The number of amides is 1. The molecule has 0 aromatic heterocycles. The molecule has 0 aliphatic heterocycles. The average molecular weight is 221 g/mol. The van der Waals surface area contributed by atoms with Crippen LogP contribution in [0.15, 0.2) is 0 Å². The van der Waals surface area contributed by atoms with E-state index in [0.717, 1.165) is 25.1 Å². The number of unbranched alkanes of at least 4 members (excludes halogenated alkanes) is 5. The van der Waals surface area contributed by atoms with E-state index in [1.54, 1.807) is 0 Å². The molecule has 0 fully saturated rings. The predicted octanol–water partition coefficient (Wildman–Crippen LogP) is 3.19. The largest absolute Gasteiger partial charge is 0.464 e. The number of carboxylic acid groups (broad SMARTS) is 1. The number of rotatable bonds is 9. The van der Waals surface area contributed by atoms with Crippen LogP contribution in [0.2, 0.25) is 0 Å². The highest BCUT2D eigenvalue weighted by atomic mass is 32.2. The lowest BCUT2D eigenvalue weighted by atomic mass is 10.1. The lowest BCUT2D eigenvalue weighted by Gasteiger charge is -2.01. The third kappa shape index (κ3) is 11.6. The van der Waals surface area contributed by atoms with Crippen molar-refractivity contribution in [2.75, 3.05) is 6.61 Å². The average Bonchev–Trinajstić information content (AvgIpc) is 2.15. The van der Waals surface area contributed by atoms with Gasteiger partial charge >= 0.3 is 6.09 Å². The van der Waals surface area contributed by atoms with Gasteiger partial charge in [-0.05, 0) is 6.42 Å². The summed E-state index contributed by atoms with van der Waals surface area (Å²) in [6.07, 6.45) is 6.18. The molecular formula is C9H19NO3S. The van der Waals surface area contributed by atoms with Crippen LogP contribution in [0.3, 0.4) is 0 Å². The molecule has 0 atom stereocenters. The Hall–Kier alpha value is -0.420. The SMILES string of the molecule is CCCCCCCCOSNC(=O)O. The minimum atomic E-state index is -1.07. The summed E-state index contributed by atoms with van der Waals surface area (Å²) in [5, 5.41) is 8.20. The topological polar surface area (TPSA) is 58.6 Å². The fourth-order valence-corrected chi connectivity index (χ4v) is 1.38. The van der Waals surface area contributed by atoms with Crippen LogP contribution in [-0.2, 0) is 4.18 Å². The first kappa shape index (κ1) is 13.6. The smallest absolute Gasteiger partial charge is 0.416 e. The summed E-state index contributed by atoms with van der Waals surface area (Å²) in [7, 11) is 0. The van der Waals surface area contributed by atoms with E-state index < -0.39 is 6.09 Å². The van der Waals surface area contributed by atoms with Crippen molar-refractivity contribution in [1.82, 2.24) is 4.72 Å². The van der Waals surface area contributed by atoms with Crippen LogP contribution in [0.5, 0.6) is 0 Å². The van der Waals surface area contributed by atoms with Crippen LogP contribution in [0.4, 0.5) is 4.79 Å². The van der Waals surface area contributed by atoms with Gasteiger partial charge in [-0.25, -0.2) is 9.52 Å². The first-order chi connectivity index (χ1) is 6.77. The molecule has 0 aromatic rings. The van der Waals surface area contributed by atoms with E-state index in [4.69, 9.17) is 9.29 Å². The lowest BCUT2D eigenvalue weighted by Crippen LogP contribution is -2.12. The van der Waals surface area contributed by atoms with Gasteiger partial charge in [-0.15, -0.1) is 0 Å². The van der Waals surface area contributed by atoms with Gasteiger partial charge in [-0.1, -0.05) is 39.0 Å². The fourth-order valence-electron chi connectivity index (χ4n) is 1.05. The van der Waals surface area contributed by atoms with Crippen molar-refractivity contribution in [2.45, 2.75) is 45.4 Å². The quantitative estimate of drug-likeness (QED) is 0.356. The summed E-state index contributed by atoms with van der Waals surface area (Å²) in [6.45, 7) is 2.80. The Labute approximate surface area is 89.7 Å². The number of nitrogens with one attached hydrogen (secondary N) is 1. The highest BCUT2D eigenvalue weighted by Crippen LogP contribution is 2.06. The zero-order valence-corrected chi connectivity index (χ0v) is 9.44. The van der Waals surface area contributed by atoms with E-state index in [1.165, 1.54) is 25.7 Å². The van der Waals surface area contributed by atoms with Crippen LogP contribution in [-0.4, -0.2) is 17.8 Å². The molecule has 84 valence electrons. The third-order valence-electron chi connectivity index (χ3n) is 1.77. The summed E-state index contributed by atoms with van der Waals surface area (Å²) >= 11 is 0.780. The molecular weight excluding hydrogens is 202 g/mol. The lowest BCUT2D eigenvalue weighted by molar-refractivity contribution is 0.201. The van der Waals surface area contributed by atoms with Crippen LogP contribution in [0, 0.1) is 0 Å². The number of hydrogen-bond donors (Lipinski definition) is 2. The van der Waals surface area contributed by atoms with Gasteiger partial charge in [0.1, 0.15) is 12.2 Å². The molecule has 2 N–H and O–H groups in total. The molecule has 0 heterocycles. The standard InChI is InChI=1S/C9H19NO3S/c1-2-3-4-5-6-7-8-13-14-10-9(11)12/h10H,2-8H2,1H3,(H,11,12). The first-order valence-electron chi connectivity index (χ1n) is 5.04. The van der Waals surface area contributed by atoms with Gasteiger partial charge in [0.25, 0.3) is 0 Å². The van der Waals surface area contributed by atoms with Crippen molar-refractivity contribution < 1.29 is 14.1 Å². The second kappa shape index (κ2) is 10.7. The minimum absolute atomic E-state index is 0.608. The first-order valence-corrected chi connectivity index (χ1v) is 5.79. The van der Waals surface area contributed by atoms with Crippen molar-refractivity contribution >= 4 is 18.3 Å². The van der Waals surface area contributed by atoms with Crippen molar-refractivity contribution in [2.24, 2.45) is 0 Å². The Morgan fingerprint density at radius 3 is 2.57 bits per heavy atom. The summed E-state index contributed by atoms with van der Waals surface area (Å²) < 4.78 is 7.04. The highest BCUT2D eigenvalue weighted by molar-refractivity contribution is 7.93. The summed E-state index contributed by atoms with van der Waals surface area (Å²) in [5.74, 6) is 0. The van der Waals surface area contributed by atoms with E-state index >= 15 is 0 Å². The van der Waals surface area contributed by atoms with E-state index in [2.05, 4.69) is 11.6 Å². The molecule has 0 aliphatic carbocycles. The van der Waals surface area contributed by atoms with Gasteiger partial charge in [0.15, 0.2) is 0 Å². The van der Waals surface area contributed by atoms with E-state index in [0.29, 0.717) is 6.61 Å². The van der Waals surface area contributed by atoms with E-state index in [9.17, 15) is 4.79 Å². The number of hydrogen-bond acceptors (Lipinski definition) is 3. The number of carbonyl (C=O) groups is 1. The Kier molecular flexibility index (Phi) is 10.3. The normalized spacial score (nSPS) is 10.1. The van der Waals surface area contributed by atoms with Crippen molar-refractivity contribution in [3.63, 3.8) is 0 Å². The summed E-state index contributed by atoms with van der Waals surface area (Å²) in [6, 6.07) is 0. The second-order valence-corrected chi connectivity index (χ2v) is 3.69. The molecule has 0 saturated carbocycles. The van der Waals surface area contributed by atoms with Gasteiger partial charge in [-0.3, -0.25) is 4.18 Å². The highest BCUT2D eigenvalue weighted by Gasteiger charge is 1.94. The molecule has 0 unspecified atom stereocenters. The molecule has 14 heavy (non-hydrogen) atoms. The predicted molar refractivity (Wildman–Crippen MR) is 58.1 cm³/mol. The third-order valence-corrected chi connectivity index (χ3v) is 2.31. The maximum atomic E-state index is 9.99. The molecule has 0 aromatic carbocycles. The van der Waals surface area contributed by atoms with Crippen LogP contribution < -0.4 is 4.72 Å². The second-order valence-electron chi connectivity index (χ2n) is 3.08. The van der Waals surface area contributed by atoms with Gasteiger partial charge < -0.3 is 5.11 Å². The fraction of sp³-hybridized carbons (Fsp3) is 0.889. The van der Waals surface area contributed by atoms with Crippen LogP contribution in [0.1, 0.15) is 45.4 Å². The van der Waals surface area contributed by atoms with Gasteiger partial charge in [0, 0.05) is 0 Å². The van der Waals surface area contributed by atoms with Crippen molar-refractivity contribution in [3.8, 4) is 0 Å². The molecule has 0 aliphatic rings. The van der Waals surface area contributed by atoms with Crippen molar-refractivity contribution in [1.29, 1.82) is 0 Å².